The number of aromatic nitrogens is 1. The van der Waals surface area contributed by atoms with Crippen LogP contribution < -0.4 is 5.32 Å². The van der Waals surface area contributed by atoms with E-state index in [0.717, 1.165) is 32.1 Å². The van der Waals surface area contributed by atoms with E-state index in [4.69, 9.17) is 0 Å². The zero-order chi connectivity index (χ0) is 16.3. The van der Waals surface area contributed by atoms with Gasteiger partial charge in [0.25, 0.3) is 5.91 Å². The summed E-state index contributed by atoms with van der Waals surface area (Å²) < 4.78 is 0. The lowest BCUT2D eigenvalue weighted by Crippen LogP contribution is -2.51. The fraction of sp³-hybridized carbons (Fsp3) is 0.500. The maximum Gasteiger partial charge on any atom is 0.251 e. The minimum Gasteiger partial charge on any atom is -0.349 e. The van der Waals surface area contributed by atoms with Crippen LogP contribution in [0.3, 0.4) is 0 Å². The van der Waals surface area contributed by atoms with Crippen molar-refractivity contribution in [2.45, 2.75) is 50.1 Å². The Kier molecular flexibility index (Phi) is 4.46. The van der Waals surface area contributed by atoms with Crippen molar-refractivity contribution >= 4 is 11.8 Å². The van der Waals surface area contributed by atoms with Crippen LogP contribution >= 0.6 is 0 Å². The van der Waals surface area contributed by atoms with E-state index in [1.54, 1.807) is 24.5 Å². The molecule has 3 rings (SSSR count). The van der Waals surface area contributed by atoms with E-state index in [0.29, 0.717) is 18.5 Å². The van der Waals surface area contributed by atoms with Crippen molar-refractivity contribution in [3.8, 4) is 0 Å². The van der Waals surface area contributed by atoms with Gasteiger partial charge in [-0.05, 0) is 44.2 Å². The van der Waals surface area contributed by atoms with Gasteiger partial charge in [-0.3, -0.25) is 14.6 Å². The molecular weight excluding hydrogens is 290 g/mol. The van der Waals surface area contributed by atoms with Crippen molar-refractivity contribution in [1.29, 1.82) is 0 Å². The Labute approximate surface area is 136 Å². The van der Waals surface area contributed by atoms with E-state index in [2.05, 4.69) is 16.9 Å². The van der Waals surface area contributed by atoms with Crippen molar-refractivity contribution in [3.63, 3.8) is 0 Å². The normalized spacial score (nSPS) is 27.2. The van der Waals surface area contributed by atoms with Gasteiger partial charge >= 0.3 is 0 Å². The highest BCUT2D eigenvalue weighted by Gasteiger charge is 2.46. The van der Waals surface area contributed by atoms with Crippen molar-refractivity contribution in [2.75, 3.05) is 6.54 Å². The summed E-state index contributed by atoms with van der Waals surface area (Å²) in [6, 6.07) is 3.63. The molecule has 1 aromatic rings. The Morgan fingerprint density at radius 2 is 2.04 bits per heavy atom. The van der Waals surface area contributed by atoms with Gasteiger partial charge in [-0.1, -0.05) is 6.08 Å². The summed E-state index contributed by atoms with van der Waals surface area (Å²) in [7, 11) is 0. The van der Waals surface area contributed by atoms with Crippen LogP contribution in [-0.4, -0.2) is 39.8 Å². The Bertz CT molecular complexity index is 592. The van der Waals surface area contributed by atoms with E-state index in [1.807, 2.05) is 11.0 Å². The van der Waals surface area contributed by atoms with Crippen molar-refractivity contribution in [2.24, 2.45) is 0 Å². The van der Waals surface area contributed by atoms with Gasteiger partial charge < -0.3 is 10.2 Å². The lowest BCUT2D eigenvalue weighted by molar-refractivity contribution is -0.131. The predicted octanol–water partition coefficient (Wildman–Crippen LogP) is 2.30. The smallest absolute Gasteiger partial charge is 0.251 e. The largest absolute Gasteiger partial charge is 0.349 e. The molecule has 2 amide bonds. The molecule has 2 heterocycles. The number of hydrogen-bond acceptors (Lipinski definition) is 3. The van der Waals surface area contributed by atoms with E-state index < -0.39 is 0 Å². The van der Waals surface area contributed by atoms with E-state index in [-0.39, 0.29) is 23.4 Å². The summed E-state index contributed by atoms with van der Waals surface area (Å²) in [5, 5.41) is 3.11. The average Bonchev–Trinajstić information content (AvgIpc) is 2.88. The van der Waals surface area contributed by atoms with Crippen LogP contribution in [0.2, 0.25) is 0 Å². The van der Waals surface area contributed by atoms with Gasteiger partial charge in [-0.25, -0.2) is 0 Å². The maximum atomic E-state index is 12.2. The highest BCUT2D eigenvalue weighted by molar-refractivity contribution is 5.94. The second kappa shape index (κ2) is 6.52. The van der Waals surface area contributed by atoms with Gasteiger partial charge in [0.2, 0.25) is 5.91 Å². The quantitative estimate of drug-likeness (QED) is 0.868. The molecule has 0 radical (unpaired) electrons. The minimum atomic E-state index is -0.0428. The lowest BCUT2D eigenvalue weighted by atomic mass is 9.77. The first-order chi connectivity index (χ1) is 11.1. The van der Waals surface area contributed by atoms with Crippen LogP contribution in [0.15, 0.2) is 37.2 Å². The zero-order valence-corrected chi connectivity index (χ0v) is 13.3. The number of hydrogen-bond donors (Lipinski definition) is 1. The second-order valence-electron chi connectivity index (χ2n) is 6.50. The predicted molar refractivity (Wildman–Crippen MR) is 87.8 cm³/mol. The Hall–Kier alpha value is -2.17. The topological polar surface area (TPSA) is 62.3 Å². The van der Waals surface area contributed by atoms with Crippen LogP contribution in [0.4, 0.5) is 0 Å². The third-order valence-corrected chi connectivity index (χ3v) is 5.18. The molecule has 5 heteroatoms. The van der Waals surface area contributed by atoms with Crippen molar-refractivity contribution < 1.29 is 9.59 Å². The highest BCUT2D eigenvalue weighted by Crippen LogP contribution is 2.42. The summed E-state index contributed by atoms with van der Waals surface area (Å²) >= 11 is 0. The fourth-order valence-corrected chi connectivity index (χ4v) is 3.89. The summed E-state index contributed by atoms with van der Waals surface area (Å²) in [6.07, 6.45) is 10.4. The van der Waals surface area contributed by atoms with E-state index in [1.165, 1.54) is 0 Å². The zero-order valence-electron chi connectivity index (χ0n) is 13.3. The molecule has 1 aromatic heterocycles. The van der Waals surface area contributed by atoms with Crippen LogP contribution in [0.5, 0.6) is 0 Å². The second-order valence-corrected chi connectivity index (χ2v) is 6.50. The molecule has 0 bridgehead atoms. The third kappa shape index (κ3) is 3.14. The first kappa shape index (κ1) is 15.7. The Morgan fingerprint density at radius 3 is 2.70 bits per heavy atom. The number of likely N-dealkylation sites (tertiary alicyclic amines) is 1. The van der Waals surface area contributed by atoms with Gasteiger partial charge in [0.1, 0.15) is 0 Å². The summed E-state index contributed by atoms with van der Waals surface area (Å²) in [4.78, 5) is 30.2. The Morgan fingerprint density at radius 1 is 1.35 bits per heavy atom. The highest BCUT2D eigenvalue weighted by atomic mass is 16.2. The van der Waals surface area contributed by atoms with Gasteiger partial charge in [0.05, 0.1) is 0 Å². The molecule has 0 atom stereocenters. The van der Waals surface area contributed by atoms with Crippen LogP contribution in [-0.2, 0) is 4.79 Å². The van der Waals surface area contributed by atoms with Crippen molar-refractivity contribution in [1.82, 2.24) is 15.2 Å². The third-order valence-electron chi connectivity index (χ3n) is 5.18. The number of rotatable bonds is 4. The summed E-state index contributed by atoms with van der Waals surface area (Å²) in [5.74, 6) is 0.197. The number of nitrogens with zero attached hydrogens (tertiary/aromatic N) is 2. The monoisotopic (exact) mass is 313 g/mol. The van der Waals surface area contributed by atoms with Crippen LogP contribution in [0.1, 0.15) is 48.9 Å². The van der Waals surface area contributed by atoms with Crippen LogP contribution in [0.25, 0.3) is 0 Å². The lowest BCUT2D eigenvalue weighted by Gasteiger charge is -2.43. The summed E-state index contributed by atoms with van der Waals surface area (Å²) in [5.41, 5.74) is 0.632. The van der Waals surface area contributed by atoms with Gasteiger partial charge in [-0.2, -0.15) is 0 Å². The molecule has 122 valence electrons. The molecule has 1 N–H and O–H groups in total. The first-order valence-corrected chi connectivity index (χ1v) is 8.27. The maximum absolute atomic E-state index is 12.2. The standard InChI is InChI=1S/C18H23N3O2/c1-2-13-21-16(22)5-10-18(21)8-3-15(4-9-18)20-17(23)14-6-11-19-12-7-14/h2,6-7,11-12,15H,1,3-5,8-10,13H2,(H,20,23). The first-order valence-electron chi connectivity index (χ1n) is 8.27. The van der Waals surface area contributed by atoms with Crippen molar-refractivity contribution in [3.05, 3.63) is 42.7 Å². The Balaban J connectivity index is 1.59. The van der Waals surface area contributed by atoms with Gasteiger partial charge in [0.15, 0.2) is 0 Å². The molecule has 1 saturated heterocycles. The number of amides is 2. The number of nitrogens with one attached hydrogen (secondary N) is 1. The molecular formula is C18H23N3O2. The molecule has 2 fully saturated rings. The average molecular weight is 313 g/mol. The molecule has 1 aliphatic heterocycles. The molecule has 1 aliphatic carbocycles. The van der Waals surface area contributed by atoms with E-state index >= 15 is 0 Å². The number of carbonyl (C=O) groups is 2. The molecule has 0 unspecified atom stereocenters. The molecule has 5 nitrogen and oxygen atoms in total. The van der Waals surface area contributed by atoms with Gasteiger partial charge in [-0.15, -0.1) is 6.58 Å². The molecule has 1 saturated carbocycles. The van der Waals surface area contributed by atoms with E-state index in [9.17, 15) is 9.59 Å². The minimum absolute atomic E-state index is 0.0107. The fourth-order valence-electron chi connectivity index (χ4n) is 3.89. The van der Waals surface area contributed by atoms with Gasteiger partial charge in [0, 0.05) is 42.5 Å². The molecule has 2 aliphatic rings. The molecule has 23 heavy (non-hydrogen) atoms. The molecule has 1 spiro atoms. The number of pyridine rings is 1. The SMILES string of the molecule is C=CCN1C(=O)CCC12CCC(NC(=O)c1ccncc1)CC2. The van der Waals surface area contributed by atoms with Crippen LogP contribution in [0, 0.1) is 0 Å². The summed E-state index contributed by atoms with van der Waals surface area (Å²) in [6.45, 7) is 4.40. The number of carbonyl (C=O) groups excluding carboxylic acids is 2. The molecule has 0 aromatic carbocycles.